The van der Waals surface area contributed by atoms with Gasteiger partial charge in [-0.2, -0.15) is 0 Å². The Hall–Kier alpha value is -0.650. The summed E-state index contributed by atoms with van der Waals surface area (Å²) in [6, 6.07) is 1.39. The van der Waals surface area contributed by atoms with Crippen molar-refractivity contribution in [1.29, 1.82) is 0 Å². The lowest BCUT2D eigenvalue weighted by Gasteiger charge is -2.37. The van der Waals surface area contributed by atoms with Gasteiger partial charge in [-0.1, -0.05) is 26.7 Å². The average Bonchev–Trinajstić information content (AvgIpc) is 3.17. The van der Waals surface area contributed by atoms with E-state index in [0.717, 1.165) is 25.7 Å². The van der Waals surface area contributed by atoms with Crippen molar-refractivity contribution in [2.24, 2.45) is 0 Å². The van der Waals surface area contributed by atoms with Gasteiger partial charge < -0.3 is 10.2 Å². The highest BCUT2D eigenvalue weighted by Gasteiger charge is 2.26. The molecule has 4 nitrogen and oxygen atoms in total. The van der Waals surface area contributed by atoms with Crippen LogP contribution in [0.1, 0.15) is 45.2 Å². The van der Waals surface area contributed by atoms with Crippen LogP contribution in [-0.2, 0) is 6.54 Å². The van der Waals surface area contributed by atoms with Crippen LogP contribution in [0, 0.1) is 0 Å². The summed E-state index contributed by atoms with van der Waals surface area (Å²) in [5, 5.41) is 6.85. The van der Waals surface area contributed by atoms with Crippen LogP contribution < -0.4 is 10.2 Å². The lowest BCUT2D eigenvalue weighted by molar-refractivity contribution is 0.187. The first kappa shape index (κ1) is 15.3. The smallest absolute Gasteiger partial charge is 0.185 e. The van der Waals surface area contributed by atoms with Crippen molar-refractivity contribution in [2.75, 3.05) is 31.1 Å². The van der Waals surface area contributed by atoms with Crippen molar-refractivity contribution < 1.29 is 0 Å². The SMILES string of the molecule is CC(C)NCc1csc(N2CCN(C3CCCC3)CC2)n1. The average molecular weight is 308 g/mol. The zero-order valence-corrected chi connectivity index (χ0v) is 14.2. The van der Waals surface area contributed by atoms with Crippen molar-refractivity contribution in [3.8, 4) is 0 Å². The van der Waals surface area contributed by atoms with Crippen molar-refractivity contribution in [3.05, 3.63) is 11.1 Å². The van der Waals surface area contributed by atoms with E-state index in [-0.39, 0.29) is 0 Å². The summed E-state index contributed by atoms with van der Waals surface area (Å²) in [5.74, 6) is 0. The van der Waals surface area contributed by atoms with Gasteiger partial charge in [0.1, 0.15) is 0 Å². The first-order valence-corrected chi connectivity index (χ1v) is 9.27. The predicted octanol–water partition coefficient (Wildman–Crippen LogP) is 2.71. The van der Waals surface area contributed by atoms with Crippen LogP contribution >= 0.6 is 11.3 Å². The summed E-state index contributed by atoms with van der Waals surface area (Å²) in [5.41, 5.74) is 1.18. The molecule has 0 atom stereocenters. The summed E-state index contributed by atoms with van der Waals surface area (Å²) in [6.45, 7) is 9.94. The van der Waals surface area contributed by atoms with E-state index in [0.29, 0.717) is 6.04 Å². The van der Waals surface area contributed by atoms with Crippen LogP contribution in [0.25, 0.3) is 0 Å². The Labute approximate surface area is 132 Å². The molecular weight excluding hydrogens is 280 g/mol. The van der Waals surface area contributed by atoms with Crippen LogP contribution in [0.5, 0.6) is 0 Å². The van der Waals surface area contributed by atoms with E-state index in [1.807, 2.05) is 0 Å². The zero-order valence-electron chi connectivity index (χ0n) is 13.3. The number of rotatable bonds is 5. The van der Waals surface area contributed by atoms with Gasteiger partial charge in [0, 0.05) is 50.2 Å². The summed E-state index contributed by atoms with van der Waals surface area (Å²) in [4.78, 5) is 9.97. The second-order valence-corrected chi connectivity index (χ2v) is 7.45. The molecule has 1 aliphatic heterocycles. The molecule has 21 heavy (non-hydrogen) atoms. The molecule has 1 aromatic heterocycles. The number of anilines is 1. The molecule has 3 rings (SSSR count). The van der Waals surface area contributed by atoms with E-state index in [4.69, 9.17) is 4.98 Å². The Morgan fingerprint density at radius 2 is 1.95 bits per heavy atom. The molecule has 1 aliphatic carbocycles. The molecule has 1 saturated carbocycles. The maximum absolute atomic E-state index is 4.79. The monoisotopic (exact) mass is 308 g/mol. The van der Waals surface area contributed by atoms with E-state index in [2.05, 4.69) is 34.3 Å². The van der Waals surface area contributed by atoms with Crippen LogP contribution in [0.15, 0.2) is 5.38 Å². The Morgan fingerprint density at radius 3 is 2.62 bits per heavy atom. The lowest BCUT2D eigenvalue weighted by Crippen LogP contribution is -2.49. The molecular formula is C16H28N4S. The third-order valence-electron chi connectivity index (χ3n) is 4.66. The molecule has 0 aromatic carbocycles. The molecule has 2 fully saturated rings. The summed E-state index contributed by atoms with van der Waals surface area (Å²) < 4.78 is 0. The number of hydrogen-bond acceptors (Lipinski definition) is 5. The predicted molar refractivity (Wildman–Crippen MR) is 90.1 cm³/mol. The number of piperazine rings is 1. The molecule has 1 aromatic rings. The maximum Gasteiger partial charge on any atom is 0.185 e. The molecule has 0 amide bonds. The third-order valence-corrected chi connectivity index (χ3v) is 5.61. The fourth-order valence-corrected chi connectivity index (χ4v) is 4.26. The minimum atomic E-state index is 0.519. The molecule has 0 radical (unpaired) electrons. The van der Waals surface area contributed by atoms with Crippen LogP contribution in [0.3, 0.4) is 0 Å². The van der Waals surface area contributed by atoms with Gasteiger partial charge in [0.15, 0.2) is 5.13 Å². The van der Waals surface area contributed by atoms with Gasteiger partial charge >= 0.3 is 0 Å². The zero-order chi connectivity index (χ0) is 14.7. The first-order valence-electron chi connectivity index (χ1n) is 8.39. The largest absolute Gasteiger partial charge is 0.346 e. The lowest BCUT2D eigenvalue weighted by atomic mass is 10.2. The maximum atomic E-state index is 4.79. The topological polar surface area (TPSA) is 31.4 Å². The van der Waals surface area contributed by atoms with E-state index in [1.54, 1.807) is 11.3 Å². The Bertz CT molecular complexity index is 431. The van der Waals surface area contributed by atoms with E-state index >= 15 is 0 Å². The highest BCUT2D eigenvalue weighted by molar-refractivity contribution is 7.13. The number of hydrogen-bond donors (Lipinski definition) is 1. The van der Waals surface area contributed by atoms with E-state index in [9.17, 15) is 0 Å². The first-order chi connectivity index (χ1) is 10.2. The van der Waals surface area contributed by atoms with Gasteiger partial charge in [-0.05, 0) is 12.8 Å². The second kappa shape index (κ2) is 7.07. The molecule has 1 saturated heterocycles. The molecule has 5 heteroatoms. The van der Waals surface area contributed by atoms with Gasteiger partial charge in [-0.15, -0.1) is 11.3 Å². The number of aromatic nitrogens is 1. The fourth-order valence-electron chi connectivity index (χ4n) is 3.38. The quantitative estimate of drug-likeness (QED) is 0.906. The molecule has 0 bridgehead atoms. The summed E-state index contributed by atoms with van der Waals surface area (Å²) >= 11 is 1.80. The fraction of sp³-hybridized carbons (Fsp3) is 0.812. The van der Waals surface area contributed by atoms with Crippen LogP contribution in [0.4, 0.5) is 5.13 Å². The molecule has 0 spiro atoms. The third kappa shape index (κ3) is 3.96. The molecule has 1 N–H and O–H groups in total. The molecule has 2 heterocycles. The van der Waals surface area contributed by atoms with E-state index < -0.39 is 0 Å². The number of nitrogens with one attached hydrogen (secondary N) is 1. The molecule has 0 unspecified atom stereocenters. The Kier molecular flexibility index (Phi) is 5.14. The van der Waals surface area contributed by atoms with E-state index in [1.165, 1.54) is 49.6 Å². The van der Waals surface area contributed by atoms with Gasteiger partial charge in [0.25, 0.3) is 0 Å². The Morgan fingerprint density at radius 1 is 1.24 bits per heavy atom. The van der Waals surface area contributed by atoms with Gasteiger partial charge in [0.05, 0.1) is 5.69 Å². The van der Waals surface area contributed by atoms with Crippen molar-refractivity contribution in [3.63, 3.8) is 0 Å². The highest BCUT2D eigenvalue weighted by Crippen LogP contribution is 2.26. The van der Waals surface area contributed by atoms with Crippen molar-refractivity contribution in [1.82, 2.24) is 15.2 Å². The van der Waals surface area contributed by atoms with Gasteiger partial charge in [-0.3, -0.25) is 4.90 Å². The summed E-state index contributed by atoms with van der Waals surface area (Å²) in [7, 11) is 0. The summed E-state index contributed by atoms with van der Waals surface area (Å²) in [6.07, 6.45) is 5.71. The minimum Gasteiger partial charge on any atom is -0.346 e. The van der Waals surface area contributed by atoms with Crippen LogP contribution in [-0.4, -0.2) is 48.1 Å². The van der Waals surface area contributed by atoms with Crippen molar-refractivity contribution >= 4 is 16.5 Å². The second-order valence-electron chi connectivity index (χ2n) is 6.62. The molecule has 2 aliphatic rings. The highest BCUT2D eigenvalue weighted by atomic mass is 32.1. The Balaban J connectivity index is 1.49. The van der Waals surface area contributed by atoms with Crippen LogP contribution in [0.2, 0.25) is 0 Å². The van der Waals surface area contributed by atoms with Gasteiger partial charge in [0.2, 0.25) is 0 Å². The number of thiazole rings is 1. The molecule has 118 valence electrons. The number of nitrogens with zero attached hydrogens (tertiary/aromatic N) is 3. The van der Waals surface area contributed by atoms with Gasteiger partial charge in [-0.25, -0.2) is 4.98 Å². The minimum absolute atomic E-state index is 0.519. The van der Waals surface area contributed by atoms with Crippen molar-refractivity contribution in [2.45, 2.75) is 58.2 Å². The normalized spacial score (nSPS) is 21.6. The standard InChI is InChI=1S/C16H28N4S/c1-13(2)17-11-14-12-21-16(18-14)20-9-7-19(8-10-20)15-5-3-4-6-15/h12-13,15,17H,3-11H2,1-2H3.